The standard InChI is InChI=1S/C15H15NO3/c1-10(17)14-6-5-13(8-15(14)18)19-9-11-3-2-4-12(16)7-11/h2-8,18H,9,16H2,1H3. The highest BCUT2D eigenvalue weighted by Gasteiger charge is 2.07. The van der Waals surface area contributed by atoms with E-state index in [1.807, 2.05) is 18.2 Å². The number of phenols is 1. The molecule has 3 N–H and O–H groups in total. The molecule has 0 saturated carbocycles. The van der Waals surface area contributed by atoms with Crippen LogP contribution in [0.2, 0.25) is 0 Å². The Labute approximate surface area is 111 Å². The van der Waals surface area contributed by atoms with Crippen molar-refractivity contribution < 1.29 is 14.6 Å². The number of ketones is 1. The van der Waals surface area contributed by atoms with Gasteiger partial charge in [-0.15, -0.1) is 0 Å². The zero-order valence-electron chi connectivity index (χ0n) is 10.6. The number of nitrogens with two attached hydrogens (primary N) is 1. The van der Waals surface area contributed by atoms with Gasteiger partial charge >= 0.3 is 0 Å². The second-order valence-corrected chi connectivity index (χ2v) is 4.27. The summed E-state index contributed by atoms with van der Waals surface area (Å²) in [5.41, 5.74) is 7.58. The van der Waals surface area contributed by atoms with E-state index in [2.05, 4.69) is 0 Å². The Bertz CT molecular complexity index is 608. The smallest absolute Gasteiger partial charge is 0.163 e. The van der Waals surface area contributed by atoms with Crippen LogP contribution in [0.15, 0.2) is 42.5 Å². The first-order valence-corrected chi connectivity index (χ1v) is 5.87. The summed E-state index contributed by atoms with van der Waals surface area (Å²) < 4.78 is 5.54. The molecule has 4 nitrogen and oxygen atoms in total. The number of phenolic OH excluding ortho intramolecular Hbond substituents is 1. The van der Waals surface area contributed by atoms with Gasteiger partial charge in [0.05, 0.1) is 5.56 Å². The monoisotopic (exact) mass is 257 g/mol. The number of hydrogen-bond acceptors (Lipinski definition) is 4. The minimum atomic E-state index is -0.181. The number of ether oxygens (including phenoxy) is 1. The number of hydrogen-bond donors (Lipinski definition) is 2. The summed E-state index contributed by atoms with van der Waals surface area (Å²) in [4.78, 5) is 11.2. The highest BCUT2D eigenvalue weighted by molar-refractivity contribution is 5.96. The predicted octanol–water partition coefficient (Wildman–Crippen LogP) is 2.76. The predicted molar refractivity (Wildman–Crippen MR) is 73.3 cm³/mol. The molecule has 2 rings (SSSR count). The Morgan fingerprint density at radius 1 is 1.26 bits per heavy atom. The van der Waals surface area contributed by atoms with Crippen LogP contribution in [0.25, 0.3) is 0 Å². The van der Waals surface area contributed by atoms with E-state index >= 15 is 0 Å². The van der Waals surface area contributed by atoms with Crippen molar-refractivity contribution in [2.75, 3.05) is 5.73 Å². The maximum Gasteiger partial charge on any atom is 0.163 e. The third-order valence-electron chi connectivity index (χ3n) is 2.71. The third kappa shape index (κ3) is 3.25. The molecule has 0 aliphatic rings. The fourth-order valence-electron chi connectivity index (χ4n) is 1.75. The van der Waals surface area contributed by atoms with Crippen molar-refractivity contribution in [2.45, 2.75) is 13.5 Å². The largest absolute Gasteiger partial charge is 0.507 e. The van der Waals surface area contributed by atoms with E-state index in [1.54, 1.807) is 18.2 Å². The van der Waals surface area contributed by atoms with Crippen LogP contribution in [0.1, 0.15) is 22.8 Å². The number of anilines is 1. The summed E-state index contributed by atoms with van der Waals surface area (Å²) in [7, 11) is 0. The van der Waals surface area contributed by atoms with Crippen molar-refractivity contribution in [1.29, 1.82) is 0 Å². The van der Waals surface area contributed by atoms with Gasteiger partial charge in [0.2, 0.25) is 0 Å². The van der Waals surface area contributed by atoms with Crippen LogP contribution < -0.4 is 10.5 Å². The Morgan fingerprint density at radius 3 is 2.68 bits per heavy atom. The minimum Gasteiger partial charge on any atom is -0.507 e. The molecule has 0 fully saturated rings. The summed E-state index contributed by atoms with van der Waals surface area (Å²) in [5, 5.41) is 9.68. The van der Waals surface area contributed by atoms with Gasteiger partial charge in [-0.25, -0.2) is 0 Å². The quantitative estimate of drug-likeness (QED) is 0.652. The van der Waals surface area contributed by atoms with Gasteiger partial charge in [-0.3, -0.25) is 4.79 Å². The number of carbonyl (C=O) groups is 1. The summed E-state index contributed by atoms with van der Waals surface area (Å²) in [6.45, 7) is 1.76. The Balaban J connectivity index is 2.08. The number of aromatic hydroxyl groups is 1. The molecule has 0 unspecified atom stereocenters. The van der Waals surface area contributed by atoms with Gasteiger partial charge in [0.25, 0.3) is 0 Å². The van der Waals surface area contributed by atoms with E-state index < -0.39 is 0 Å². The second-order valence-electron chi connectivity index (χ2n) is 4.27. The molecule has 0 heterocycles. The molecule has 19 heavy (non-hydrogen) atoms. The minimum absolute atomic E-state index is 0.0717. The highest BCUT2D eigenvalue weighted by Crippen LogP contribution is 2.24. The van der Waals surface area contributed by atoms with Crippen LogP contribution in [0.5, 0.6) is 11.5 Å². The second kappa shape index (κ2) is 5.44. The lowest BCUT2D eigenvalue weighted by Crippen LogP contribution is -1.98. The molecule has 0 atom stereocenters. The van der Waals surface area contributed by atoms with E-state index in [0.29, 0.717) is 18.0 Å². The topological polar surface area (TPSA) is 72.5 Å². The summed E-state index contributed by atoms with van der Waals surface area (Å²) in [6.07, 6.45) is 0. The Kier molecular flexibility index (Phi) is 3.71. The zero-order chi connectivity index (χ0) is 13.8. The third-order valence-corrected chi connectivity index (χ3v) is 2.71. The number of Topliss-reactive ketones (excluding diaryl/α,β-unsaturated/α-hetero) is 1. The fraction of sp³-hybridized carbons (Fsp3) is 0.133. The normalized spacial score (nSPS) is 10.2. The van der Waals surface area contributed by atoms with Crippen molar-refractivity contribution >= 4 is 11.5 Å². The molecule has 0 aliphatic heterocycles. The van der Waals surface area contributed by atoms with Crippen molar-refractivity contribution in [3.05, 3.63) is 53.6 Å². The van der Waals surface area contributed by atoms with Crippen molar-refractivity contribution in [3.8, 4) is 11.5 Å². The van der Waals surface area contributed by atoms with E-state index in [1.165, 1.54) is 13.0 Å². The van der Waals surface area contributed by atoms with Crippen molar-refractivity contribution in [1.82, 2.24) is 0 Å². The van der Waals surface area contributed by atoms with Crippen molar-refractivity contribution in [2.24, 2.45) is 0 Å². The molecule has 0 saturated heterocycles. The molecule has 2 aromatic carbocycles. The maximum atomic E-state index is 11.2. The van der Waals surface area contributed by atoms with Crippen molar-refractivity contribution in [3.63, 3.8) is 0 Å². The Morgan fingerprint density at radius 2 is 2.05 bits per heavy atom. The zero-order valence-corrected chi connectivity index (χ0v) is 10.6. The first kappa shape index (κ1) is 13.0. The van der Waals surface area contributed by atoms with E-state index in [9.17, 15) is 9.90 Å². The van der Waals surface area contributed by atoms with Crippen LogP contribution in [0.4, 0.5) is 5.69 Å². The number of carbonyl (C=O) groups excluding carboxylic acids is 1. The lowest BCUT2D eigenvalue weighted by Gasteiger charge is -2.08. The highest BCUT2D eigenvalue weighted by atomic mass is 16.5. The molecule has 2 aromatic rings. The summed E-state index contributed by atoms with van der Waals surface area (Å²) >= 11 is 0. The molecule has 0 aromatic heterocycles. The lowest BCUT2D eigenvalue weighted by atomic mass is 10.1. The molecule has 4 heteroatoms. The number of nitrogen functional groups attached to an aromatic ring is 1. The van der Waals surface area contributed by atoms with E-state index in [4.69, 9.17) is 10.5 Å². The van der Waals surface area contributed by atoms with Crippen LogP contribution >= 0.6 is 0 Å². The van der Waals surface area contributed by atoms with E-state index in [0.717, 1.165) is 5.56 Å². The van der Waals surface area contributed by atoms with Gasteiger partial charge in [0.1, 0.15) is 18.1 Å². The summed E-state index contributed by atoms with van der Waals surface area (Å²) in [5.74, 6) is 0.252. The number of rotatable bonds is 4. The number of benzene rings is 2. The van der Waals surface area contributed by atoms with E-state index in [-0.39, 0.29) is 17.1 Å². The molecular weight excluding hydrogens is 242 g/mol. The van der Waals surface area contributed by atoms with Gasteiger partial charge < -0.3 is 15.6 Å². The van der Waals surface area contributed by atoms with Gasteiger partial charge in [-0.1, -0.05) is 12.1 Å². The Hall–Kier alpha value is -2.49. The van der Waals surface area contributed by atoms with Crippen LogP contribution in [-0.2, 0) is 6.61 Å². The summed E-state index contributed by atoms with van der Waals surface area (Å²) in [6, 6.07) is 12.0. The van der Waals surface area contributed by atoms with Gasteiger partial charge in [0, 0.05) is 11.8 Å². The average Bonchev–Trinajstić information content (AvgIpc) is 2.36. The maximum absolute atomic E-state index is 11.2. The molecule has 0 spiro atoms. The fourth-order valence-corrected chi connectivity index (χ4v) is 1.75. The van der Waals surface area contributed by atoms with Gasteiger partial charge in [-0.05, 0) is 36.8 Å². The SMILES string of the molecule is CC(=O)c1ccc(OCc2cccc(N)c2)cc1O. The van der Waals surface area contributed by atoms with Crippen LogP contribution in [0.3, 0.4) is 0 Å². The molecule has 98 valence electrons. The van der Waals surface area contributed by atoms with Crippen LogP contribution in [0, 0.1) is 0 Å². The first-order chi connectivity index (χ1) is 9.06. The van der Waals surface area contributed by atoms with Gasteiger partial charge in [0.15, 0.2) is 5.78 Å². The van der Waals surface area contributed by atoms with Gasteiger partial charge in [-0.2, -0.15) is 0 Å². The molecule has 0 amide bonds. The van der Waals surface area contributed by atoms with Crippen LogP contribution in [-0.4, -0.2) is 10.9 Å². The molecular formula is C15H15NO3. The molecule has 0 bridgehead atoms. The molecule has 0 radical (unpaired) electrons. The molecule has 0 aliphatic carbocycles. The first-order valence-electron chi connectivity index (χ1n) is 5.87. The lowest BCUT2D eigenvalue weighted by molar-refractivity contribution is 0.101. The average molecular weight is 257 g/mol.